The summed E-state index contributed by atoms with van der Waals surface area (Å²) < 4.78 is 15.7. The molecule has 0 aliphatic rings. The summed E-state index contributed by atoms with van der Waals surface area (Å²) in [6.07, 6.45) is 2.61. The van der Waals surface area contributed by atoms with Crippen molar-refractivity contribution in [2.45, 2.75) is 6.42 Å². The van der Waals surface area contributed by atoms with Crippen molar-refractivity contribution in [1.82, 2.24) is 0 Å². The molecule has 0 heterocycles. The van der Waals surface area contributed by atoms with E-state index < -0.39 is 0 Å². The molecule has 1 radical (unpaired) electrons. The van der Waals surface area contributed by atoms with Gasteiger partial charge in [-0.2, -0.15) is 0 Å². The predicted octanol–water partition coefficient (Wildman–Crippen LogP) is 2.44. The van der Waals surface area contributed by atoms with E-state index in [4.69, 9.17) is 14.2 Å². The monoisotopic (exact) mass is 315 g/mol. The number of rotatable bonds is 5. The molecular weight excluding hydrogens is 300 g/mol. The second-order valence-electron chi connectivity index (χ2n) is 3.03. The van der Waals surface area contributed by atoms with Gasteiger partial charge in [-0.05, 0) is 24.1 Å². The molecule has 1 rings (SSSR count). The van der Waals surface area contributed by atoms with Gasteiger partial charge >= 0.3 is 0 Å². The van der Waals surface area contributed by atoms with Gasteiger partial charge in [-0.3, -0.25) is 0 Å². The van der Waals surface area contributed by atoms with E-state index >= 15 is 0 Å². The van der Waals surface area contributed by atoms with Crippen LogP contribution in [0.1, 0.15) is 5.56 Å². The maximum Gasteiger partial charge on any atom is 0.203 e. The van der Waals surface area contributed by atoms with Crippen LogP contribution in [0.4, 0.5) is 0 Å². The van der Waals surface area contributed by atoms with Gasteiger partial charge in [0.15, 0.2) is 11.5 Å². The number of methoxy groups -OCH3 is 3. The summed E-state index contributed by atoms with van der Waals surface area (Å²) in [7, 11) is 4.80. The van der Waals surface area contributed by atoms with Crippen LogP contribution in [0.15, 0.2) is 24.8 Å². The number of benzene rings is 1. The fourth-order valence-electron chi connectivity index (χ4n) is 1.42. The van der Waals surface area contributed by atoms with E-state index in [-0.39, 0.29) is 22.4 Å². The van der Waals surface area contributed by atoms with Gasteiger partial charge < -0.3 is 14.2 Å². The largest absolute Gasteiger partial charge is 0.493 e. The van der Waals surface area contributed by atoms with Crippen LogP contribution in [0, 0.1) is 0 Å². The zero-order chi connectivity index (χ0) is 11.3. The zero-order valence-corrected chi connectivity index (χ0v) is 11.2. The summed E-state index contributed by atoms with van der Waals surface area (Å²) in [5, 5.41) is 0. The molecule has 0 aromatic heterocycles. The average Bonchev–Trinajstić information content (AvgIpc) is 2.28. The molecule has 0 bridgehead atoms. The molecule has 0 aliphatic heterocycles. The van der Waals surface area contributed by atoms with E-state index in [1.54, 1.807) is 21.3 Å². The smallest absolute Gasteiger partial charge is 0.203 e. The van der Waals surface area contributed by atoms with Crippen LogP contribution >= 0.6 is 0 Å². The van der Waals surface area contributed by atoms with Gasteiger partial charge in [0, 0.05) is 22.4 Å². The molecule has 0 saturated heterocycles. The quantitative estimate of drug-likeness (QED) is 0.617. The van der Waals surface area contributed by atoms with Crippen molar-refractivity contribution >= 4 is 0 Å². The van der Waals surface area contributed by atoms with Gasteiger partial charge in [-0.15, -0.1) is 6.58 Å². The second-order valence-corrected chi connectivity index (χ2v) is 3.03. The predicted molar refractivity (Wildman–Crippen MR) is 60.0 cm³/mol. The molecular formula is C12H16AgO3. The summed E-state index contributed by atoms with van der Waals surface area (Å²) in [6.45, 7) is 3.70. The van der Waals surface area contributed by atoms with Crippen LogP contribution < -0.4 is 14.2 Å². The Balaban J connectivity index is 0.00000225. The first-order chi connectivity index (χ1) is 7.26. The molecule has 0 amide bonds. The summed E-state index contributed by atoms with van der Waals surface area (Å²) in [6, 6.07) is 3.84. The minimum Gasteiger partial charge on any atom is -0.493 e. The molecule has 0 unspecified atom stereocenters. The topological polar surface area (TPSA) is 27.7 Å². The molecule has 3 nitrogen and oxygen atoms in total. The van der Waals surface area contributed by atoms with Crippen LogP contribution in [0.2, 0.25) is 0 Å². The molecule has 0 aliphatic carbocycles. The Labute approximate surface area is 112 Å². The van der Waals surface area contributed by atoms with Crippen molar-refractivity contribution in [3.8, 4) is 17.2 Å². The zero-order valence-electron chi connectivity index (χ0n) is 9.67. The Morgan fingerprint density at radius 2 is 1.56 bits per heavy atom. The molecule has 0 saturated carbocycles. The van der Waals surface area contributed by atoms with Crippen molar-refractivity contribution in [2.75, 3.05) is 21.3 Å². The number of hydrogen-bond acceptors (Lipinski definition) is 3. The summed E-state index contributed by atoms with van der Waals surface area (Å²) >= 11 is 0. The Morgan fingerprint density at radius 3 is 1.88 bits per heavy atom. The first-order valence-corrected chi connectivity index (χ1v) is 4.66. The van der Waals surface area contributed by atoms with E-state index in [0.29, 0.717) is 17.2 Å². The normalized spacial score (nSPS) is 8.94. The number of allylic oxidation sites excluding steroid dienone is 1. The van der Waals surface area contributed by atoms with E-state index in [1.807, 2.05) is 18.2 Å². The Kier molecular flexibility index (Phi) is 6.97. The van der Waals surface area contributed by atoms with Crippen LogP contribution in [0.25, 0.3) is 0 Å². The number of hydrogen-bond donors (Lipinski definition) is 0. The van der Waals surface area contributed by atoms with Gasteiger partial charge in [0.2, 0.25) is 5.75 Å². The maximum absolute atomic E-state index is 5.23. The fourth-order valence-corrected chi connectivity index (χ4v) is 1.42. The minimum absolute atomic E-state index is 0. The van der Waals surface area contributed by atoms with Crippen LogP contribution in [-0.2, 0) is 28.8 Å². The third-order valence-electron chi connectivity index (χ3n) is 2.10. The Bertz CT molecular complexity index is 325. The second kappa shape index (κ2) is 7.39. The fraction of sp³-hybridized carbons (Fsp3) is 0.333. The van der Waals surface area contributed by atoms with Gasteiger partial charge in [0.1, 0.15) is 0 Å². The molecule has 0 N–H and O–H groups in total. The molecule has 16 heavy (non-hydrogen) atoms. The molecule has 0 atom stereocenters. The van der Waals surface area contributed by atoms with E-state index in [9.17, 15) is 0 Å². The van der Waals surface area contributed by atoms with Gasteiger partial charge in [0.25, 0.3) is 0 Å². The molecule has 0 spiro atoms. The molecule has 1 aromatic carbocycles. The van der Waals surface area contributed by atoms with Crippen LogP contribution in [-0.4, -0.2) is 21.3 Å². The van der Waals surface area contributed by atoms with Gasteiger partial charge in [-0.25, -0.2) is 0 Å². The van der Waals surface area contributed by atoms with Crippen LogP contribution in [0.3, 0.4) is 0 Å². The first-order valence-electron chi connectivity index (χ1n) is 4.66. The first kappa shape index (κ1) is 15.1. The minimum atomic E-state index is 0. The average molecular weight is 316 g/mol. The van der Waals surface area contributed by atoms with Gasteiger partial charge in [-0.1, -0.05) is 6.08 Å². The summed E-state index contributed by atoms with van der Waals surface area (Å²) in [4.78, 5) is 0. The maximum atomic E-state index is 5.23. The molecule has 4 heteroatoms. The SMILES string of the molecule is C=CCc1cc(OC)c(OC)c(OC)c1.[Ag]. The van der Waals surface area contributed by atoms with E-state index in [0.717, 1.165) is 12.0 Å². The Morgan fingerprint density at radius 1 is 1.06 bits per heavy atom. The third kappa shape index (κ3) is 3.30. The van der Waals surface area contributed by atoms with E-state index in [2.05, 4.69) is 6.58 Å². The van der Waals surface area contributed by atoms with Crippen LogP contribution in [0.5, 0.6) is 17.2 Å². The molecule has 1 aromatic rings. The summed E-state index contributed by atoms with van der Waals surface area (Å²) in [5.41, 5.74) is 1.08. The van der Waals surface area contributed by atoms with Gasteiger partial charge in [0.05, 0.1) is 21.3 Å². The molecule has 93 valence electrons. The number of ether oxygens (including phenoxy) is 3. The molecule has 0 fully saturated rings. The van der Waals surface area contributed by atoms with Crippen molar-refractivity contribution in [3.63, 3.8) is 0 Å². The third-order valence-corrected chi connectivity index (χ3v) is 2.10. The van der Waals surface area contributed by atoms with Crippen molar-refractivity contribution in [1.29, 1.82) is 0 Å². The van der Waals surface area contributed by atoms with Crippen molar-refractivity contribution in [3.05, 3.63) is 30.4 Å². The standard InChI is InChI=1S/C12H16O3.Ag/c1-5-6-9-7-10(13-2)12(15-4)11(8-9)14-3;/h5,7-8H,1,6H2,2-4H3;. The summed E-state index contributed by atoms with van der Waals surface area (Å²) in [5.74, 6) is 1.97. The van der Waals surface area contributed by atoms with E-state index in [1.165, 1.54) is 0 Å². The van der Waals surface area contributed by atoms with Crippen molar-refractivity contribution < 1.29 is 36.6 Å². The van der Waals surface area contributed by atoms with Crippen molar-refractivity contribution in [2.24, 2.45) is 0 Å². The Hall–Kier alpha value is -0.900.